The van der Waals surface area contributed by atoms with E-state index in [9.17, 15) is 19.5 Å². The molecule has 0 aliphatic rings. The summed E-state index contributed by atoms with van der Waals surface area (Å²) in [5.74, 6) is -1.28. The number of ether oxygens (including phenoxy) is 2. The van der Waals surface area contributed by atoms with Gasteiger partial charge in [0, 0.05) is 18.5 Å². The maximum absolute atomic E-state index is 13.3. The molecule has 0 aliphatic carbocycles. The molecular formula is C25H23N3O7. The molecule has 0 fully saturated rings. The van der Waals surface area contributed by atoms with Gasteiger partial charge in [0.25, 0.3) is 5.56 Å². The molecule has 10 nitrogen and oxygen atoms in total. The predicted octanol–water partition coefficient (Wildman–Crippen LogP) is 2.63. The smallest absolute Gasteiger partial charge is 0.373 e. The van der Waals surface area contributed by atoms with Crippen LogP contribution in [0.2, 0.25) is 0 Å². The van der Waals surface area contributed by atoms with Crippen molar-refractivity contribution in [2.75, 3.05) is 14.2 Å². The summed E-state index contributed by atoms with van der Waals surface area (Å²) in [6.07, 6.45) is 1.40. The molecule has 10 heteroatoms. The Kier molecular flexibility index (Phi) is 6.81. The lowest BCUT2D eigenvalue weighted by molar-refractivity contribution is -0.121. The molecule has 1 amide bonds. The van der Waals surface area contributed by atoms with Gasteiger partial charge < -0.3 is 24.3 Å². The quantitative estimate of drug-likeness (QED) is 0.370. The van der Waals surface area contributed by atoms with Crippen LogP contribution in [0.1, 0.15) is 39.8 Å². The third-order valence-electron chi connectivity index (χ3n) is 5.51. The second-order valence-electron chi connectivity index (χ2n) is 7.65. The summed E-state index contributed by atoms with van der Waals surface area (Å²) in [6, 6.07) is 14.9. The number of methoxy groups -OCH3 is 2. The van der Waals surface area contributed by atoms with Gasteiger partial charge in [-0.1, -0.05) is 18.2 Å². The largest absolute Gasteiger partial charge is 0.497 e. The minimum atomic E-state index is -0.791. The third kappa shape index (κ3) is 5.01. The van der Waals surface area contributed by atoms with E-state index in [2.05, 4.69) is 15.0 Å². The van der Waals surface area contributed by atoms with Crippen LogP contribution in [0.5, 0.6) is 11.6 Å². The first kappa shape index (κ1) is 23.6. The summed E-state index contributed by atoms with van der Waals surface area (Å²) in [5.41, 5.74) is 0.434. The maximum Gasteiger partial charge on any atom is 0.373 e. The van der Waals surface area contributed by atoms with Crippen molar-refractivity contribution >= 4 is 17.5 Å². The van der Waals surface area contributed by atoms with Crippen molar-refractivity contribution in [3.63, 3.8) is 0 Å². The van der Waals surface area contributed by atoms with Crippen molar-refractivity contribution in [1.29, 1.82) is 0 Å². The van der Waals surface area contributed by atoms with Crippen LogP contribution in [0.3, 0.4) is 0 Å². The zero-order valence-electron chi connectivity index (χ0n) is 19.1. The first-order chi connectivity index (χ1) is 16.9. The number of fused-ring (bicyclic) bond motifs is 1. The number of carbonyl (C=O) groups excluding carboxylic acids is 2. The third-order valence-corrected chi connectivity index (χ3v) is 5.51. The molecule has 35 heavy (non-hydrogen) atoms. The molecule has 0 radical (unpaired) electrons. The van der Waals surface area contributed by atoms with Crippen LogP contribution < -0.4 is 15.6 Å². The van der Waals surface area contributed by atoms with E-state index in [1.165, 1.54) is 24.7 Å². The van der Waals surface area contributed by atoms with E-state index in [-0.39, 0.29) is 29.9 Å². The highest BCUT2D eigenvalue weighted by Crippen LogP contribution is 2.32. The molecule has 0 bridgehead atoms. The Morgan fingerprint density at radius 3 is 2.60 bits per heavy atom. The van der Waals surface area contributed by atoms with Crippen molar-refractivity contribution in [2.45, 2.75) is 18.9 Å². The van der Waals surface area contributed by atoms with Crippen molar-refractivity contribution in [3.8, 4) is 11.6 Å². The molecule has 0 spiro atoms. The number of nitrogens with zero attached hydrogens (tertiary/aromatic N) is 2. The number of nitrogens with one attached hydrogen (secondary N) is 1. The standard InChI is InChI=1S/C25H23N3O7/c1-33-16-8-6-15(7-9-16)18(22-23(30)27-20-5-3-4-12-28(20)24(22)31)13-21(29)26-14-17-10-11-19(35-17)25(32)34-2/h3-12,18,30H,13-14H2,1-2H3,(H,26,29). The normalized spacial score (nSPS) is 11.7. The molecule has 4 rings (SSSR count). The lowest BCUT2D eigenvalue weighted by atomic mass is 9.89. The number of aromatic hydroxyl groups is 1. The summed E-state index contributed by atoms with van der Waals surface area (Å²) in [7, 11) is 2.77. The number of furan rings is 1. The molecular weight excluding hydrogens is 454 g/mol. The highest BCUT2D eigenvalue weighted by Gasteiger charge is 2.26. The van der Waals surface area contributed by atoms with E-state index in [1.807, 2.05) is 0 Å². The molecule has 3 aromatic heterocycles. The van der Waals surface area contributed by atoms with Crippen LogP contribution in [-0.2, 0) is 16.1 Å². The van der Waals surface area contributed by atoms with Gasteiger partial charge in [-0.25, -0.2) is 4.79 Å². The minimum absolute atomic E-state index is 0.00000653. The van der Waals surface area contributed by atoms with Crippen LogP contribution in [0.15, 0.2) is 70.0 Å². The molecule has 2 N–H and O–H groups in total. The van der Waals surface area contributed by atoms with E-state index in [0.29, 0.717) is 17.1 Å². The highest BCUT2D eigenvalue weighted by atomic mass is 16.5. The lowest BCUT2D eigenvalue weighted by Crippen LogP contribution is -2.28. The van der Waals surface area contributed by atoms with Gasteiger partial charge in [0.1, 0.15) is 17.2 Å². The van der Waals surface area contributed by atoms with E-state index in [1.54, 1.807) is 54.7 Å². The Bertz CT molecular complexity index is 1420. The molecule has 3 heterocycles. The van der Waals surface area contributed by atoms with Gasteiger partial charge in [-0.05, 0) is 42.0 Å². The molecule has 0 saturated carbocycles. The van der Waals surface area contributed by atoms with Crippen LogP contribution in [0, 0.1) is 0 Å². The Morgan fingerprint density at radius 1 is 1.11 bits per heavy atom. The molecule has 1 aromatic carbocycles. The molecule has 1 atom stereocenters. The predicted molar refractivity (Wildman–Crippen MR) is 124 cm³/mol. The number of benzene rings is 1. The van der Waals surface area contributed by atoms with Crippen molar-refractivity contribution < 1.29 is 28.6 Å². The number of amides is 1. The number of hydrogen-bond acceptors (Lipinski definition) is 8. The molecule has 4 aromatic rings. The topological polar surface area (TPSA) is 132 Å². The molecule has 1 unspecified atom stereocenters. The van der Waals surface area contributed by atoms with Gasteiger partial charge in [0.15, 0.2) is 0 Å². The Morgan fingerprint density at radius 2 is 1.89 bits per heavy atom. The first-order valence-electron chi connectivity index (χ1n) is 10.7. The van der Waals surface area contributed by atoms with E-state index in [0.717, 1.165) is 0 Å². The average Bonchev–Trinajstić information content (AvgIpc) is 3.35. The van der Waals surface area contributed by atoms with Gasteiger partial charge in [0.05, 0.1) is 26.3 Å². The summed E-state index contributed by atoms with van der Waals surface area (Å²) < 4.78 is 16.5. The Labute approximate surface area is 199 Å². The monoisotopic (exact) mass is 477 g/mol. The number of aromatic nitrogens is 2. The van der Waals surface area contributed by atoms with Crippen molar-refractivity contribution in [1.82, 2.24) is 14.7 Å². The van der Waals surface area contributed by atoms with Crippen LogP contribution in [0.4, 0.5) is 0 Å². The fourth-order valence-electron chi connectivity index (χ4n) is 3.75. The lowest BCUT2D eigenvalue weighted by Gasteiger charge is -2.18. The Balaban J connectivity index is 1.63. The van der Waals surface area contributed by atoms with E-state index < -0.39 is 29.2 Å². The second kappa shape index (κ2) is 10.1. The zero-order valence-corrected chi connectivity index (χ0v) is 19.1. The number of carbonyl (C=O) groups is 2. The van der Waals surface area contributed by atoms with Crippen molar-refractivity contribution in [3.05, 3.63) is 93.8 Å². The minimum Gasteiger partial charge on any atom is -0.497 e. The summed E-state index contributed by atoms with van der Waals surface area (Å²) >= 11 is 0. The van der Waals surface area contributed by atoms with Gasteiger partial charge in [-0.15, -0.1) is 0 Å². The van der Waals surface area contributed by atoms with E-state index >= 15 is 0 Å². The highest BCUT2D eigenvalue weighted by molar-refractivity contribution is 5.86. The van der Waals surface area contributed by atoms with Gasteiger partial charge in [0.2, 0.25) is 17.5 Å². The SMILES string of the molecule is COC(=O)c1ccc(CNC(=O)CC(c2ccc(OC)cc2)c2c(O)nc3ccccn3c2=O)o1. The molecule has 0 saturated heterocycles. The van der Waals surface area contributed by atoms with Crippen LogP contribution >= 0.6 is 0 Å². The number of pyridine rings is 1. The zero-order chi connectivity index (χ0) is 24.9. The number of esters is 1. The summed E-state index contributed by atoms with van der Waals surface area (Å²) in [5, 5.41) is 13.4. The first-order valence-corrected chi connectivity index (χ1v) is 10.7. The number of rotatable bonds is 8. The van der Waals surface area contributed by atoms with Gasteiger partial charge >= 0.3 is 5.97 Å². The maximum atomic E-state index is 13.3. The fraction of sp³-hybridized carbons (Fsp3) is 0.200. The van der Waals surface area contributed by atoms with Gasteiger partial charge in [-0.3, -0.25) is 14.0 Å². The second-order valence-corrected chi connectivity index (χ2v) is 7.65. The number of hydrogen-bond donors (Lipinski definition) is 2. The van der Waals surface area contributed by atoms with E-state index in [4.69, 9.17) is 9.15 Å². The fourth-order valence-corrected chi connectivity index (χ4v) is 3.75. The van der Waals surface area contributed by atoms with Gasteiger partial charge in [-0.2, -0.15) is 4.98 Å². The molecule has 180 valence electrons. The average molecular weight is 477 g/mol. The van der Waals surface area contributed by atoms with Crippen LogP contribution in [-0.4, -0.2) is 40.6 Å². The molecule has 0 aliphatic heterocycles. The summed E-state index contributed by atoms with van der Waals surface area (Å²) in [4.78, 5) is 41.9. The van der Waals surface area contributed by atoms with Crippen LogP contribution in [0.25, 0.3) is 5.65 Å². The van der Waals surface area contributed by atoms with Crippen molar-refractivity contribution in [2.24, 2.45) is 0 Å². The summed E-state index contributed by atoms with van der Waals surface area (Å²) in [6.45, 7) is 0.0199. The Hall–Kier alpha value is -4.60.